The van der Waals surface area contributed by atoms with Crippen molar-refractivity contribution in [2.75, 3.05) is 38.7 Å². The van der Waals surface area contributed by atoms with Gasteiger partial charge in [0.25, 0.3) is 5.91 Å². The van der Waals surface area contributed by atoms with Crippen LogP contribution in [-0.4, -0.2) is 50.1 Å². The van der Waals surface area contributed by atoms with Gasteiger partial charge >= 0.3 is 0 Å². The van der Waals surface area contributed by atoms with Crippen LogP contribution in [0.3, 0.4) is 0 Å². The third kappa shape index (κ3) is 4.92. The van der Waals surface area contributed by atoms with Crippen LogP contribution >= 0.6 is 0 Å². The maximum Gasteiger partial charge on any atom is 0.253 e. The van der Waals surface area contributed by atoms with Gasteiger partial charge in [0, 0.05) is 30.4 Å². The van der Waals surface area contributed by atoms with Gasteiger partial charge in [-0.25, -0.2) is 0 Å². The number of nitrogens with zero attached hydrogens (tertiary/aromatic N) is 1. The first-order valence-electron chi connectivity index (χ1n) is 9.91. The van der Waals surface area contributed by atoms with Gasteiger partial charge in [0.15, 0.2) is 11.5 Å². The first-order valence-corrected chi connectivity index (χ1v) is 9.91. The summed E-state index contributed by atoms with van der Waals surface area (Å²) >= 11 is 0. The number of hydrogen-bond donors (Lipinski definition) is 1. The number of nitrogens with one attached hydrogen (secondary N) is 1. The van der Waals surface area contributed by atoms with E-state index in [1.54, 1.807) is 54.5 Å². The Labute approximate surface area is 176 Å². The third-order valence-corrected chi connectivity index (χ3v) is 4.73. The molecule has 7 nitrogen and oxygen atoms in total. The van der Waals surface area contributed by atoms with Crippen molar-refractivity contribution in [2.24, 2.45) is 0 Å². The second-order valence-electron chi connectivity index (χ2n) is 6.62. The standard InChI is InChI=1S/C23H26N2O5/c1-4-25(5-2)23(27)17-7-9-18(10-8-17)24-21(26)11-6-16-14-19(28-3)22-20(15-16)29-12-13-30-22/h6-11,14-15H,4-5,12-13H2,1-3H3,(H,24,26)/b11-6+. The monoisotopic (exact) mass is 410 g/mol. The minimum absolute atomic E-state index is 0.0228. The van der Waals surface area contributed by atoms with Crippen molar-refractivity contribution in [3.05, 3.63) is 53.6 Å². The fourth-order valence-electron chi connectivity index (χ4n) is 3.13. The van der Waals surface area contributed by atoms with Crippen LogP contribution in [0.2, 0.25) is 0 Å². The third-order valence-electron chi connectivity index (χ3n) is 4.73. The second kappa shape index (κ2) is 9.82. The Morgan fingerprint density at radius 3 is 2.47 bits per heavy atom. The molecule has 0 atom stereocenters. The van der Waals surface area contributed by atoms with Gasteiger partial charge in [0.1, 0.15) is 13.2 Å². The quantitative estimate of drug-likeness (QED) is 0.706. The zero-order valence-corrected chi connectivity index (χ0v) is 17.4. The number of anilines is 1. The van der Waals surface area contributed by atoms with Gasteiger partial charge < -0.3 is 24.4 Å². The van der Waals surface area contributed by atoms with Crippen LogP contribution in [0.15, 0.2) is 42.5 Å². The molecule has 0 aromatic heterocycles. The van der Waals surface area contributed by atoms with E-state index in [2.05, 4.69) is 5.32 Å². The number of fused-ring (bicyclic) bond motifs is 1. The summed E-state index contributed by atoms with van der Waals surface area (Å²) in [6, 6.07) is 10.4. The summed E-state index contributed by atoms with van der Waals surface area (Å²) in [5, 5.41) is 2.79. The minimum atomic E-state index is -0.285. The number of benzene rings is 2. The van der Waals surface area contributed by atoms with Crippen molar-refractivity contribution in [3.8, 4) is 17.2 Å². The molecule has 1 heterocycles. The van der Waals surface area contributed by atoms with Crippen LogP contribution in [0.4, 0.5) is 5.69 Å². The summed E-state index contributed by atoms with van der Waals surface area (Å²) in [4.78, 5) is 26.4. The Morgan fingerprint density at radius 2 is 1.80 bits per heavy atom. The highest BCUT2D eigenvalue weighted by Crippen LogP contribution is 2.40. The molecular formula is C23H26N2O5. The molecule has 0 radical (unpaired) electrons. The van der Waals surface area contributed by atoms with Crippen molar-refractivity contribution in [1.82, 2.24) is 4.90 Å². The molecule has 1 N–H and O–H groups in total. The average molecular weight is 410 g/mol. The van der Waals surface area contributed by atoms with E-state index in [4.69, 9.17) is 14.2 Å². The van der Waals surface area contributed by atoms with E-state index in [-0.39, 0.29) is 11.8 Å². The molecule has 2 aromatic rings. The number of hydrogen-bond acceptors (Lipinski definition) is 5. The Kier molecular flexibility index (Phi) is 6.95. The molecule has 30 heavy (non-hydrogen) atoms. The highest BCUT2D eigenvalue weighted by atomic mass is 16.6. The van der Waals surface area contributed by atoms with Gasteiger partial charge in [-0.3, -0.25) is 9.59 Å². The lowest BCUT2D eigenvalue weighted by molar-refractivity contribution is -0.111. The number of methoxy groups -OCH3 is 1. The van der Waals surface area contributed by atoms with Crippen molar-refractivity contribution in [1.29, 1.82) is 0 Å². The lowest BCUT2D eigenvalue weighted by Gasteiger charge is -2.20. The molecule has 2 amide bonds. The predicted octanol–water partition coefficient (Wildman–Crippen LogP) is 3.60. The molecule has 1 aliphatic heterocycles. The summed E-state index contributed by atoms with van der Waals surface area (Å²) in [6.07, 6.45) is 3.11. The van der Waals surface area contributed by atoms with E-state index in [9.17, 15) is 9.59 Å². The number of ether oxygens (including phenoxy) is 3. The topological polar surface area (TPSA) is 77.1 Å². The normalized spacial score (nSPS) is 12.5. The van der Waals surface area contributed by atoms with Crippen LogP contribution in [-0.2, 0) is 4.79 Å². The van der Waals surface area contributed by atoms with Gasteiger partial charge in [-0.05, 0) is 61.9 Å². The fourth-order valence-corrected chi connectivity index (χ4v) is 3.13. The molecule has 0 saturated heterocycles. The van der Waals surface area contributed by atoms with E-state index < -0.39 is 0 Å². The largest absolute Gasteiger partial charge is 0.493 e. The molecule has 3 rings (SSSR count). The van der Waals surface area contributed by atoms with Crippen LogP contribution in [0.5, 0.6) is 17.2 Å². The molecule has 2 aromatic carbocycles. The molecule has 0 fully saturated rings. The van der Waals surface area contributed by atoms with Gasteiger partial charge in [-0.1, -0.05) is 0 Å². The zero-order chi connectivity index (χ0) is 21.5. The van der Waals surface area contributed by atoms with Crippen molar-refractivity contribution in [2.45, 2.75) is 13.8 Å². The summed E-state index contributed by atoms with van der Waals surface area (Å²) < 4.78 is 16.5. The van der Waals surface area contributed by atoms with Gasteiger partial charge in [0.05, 0.1) is 7.11 Å². The summed E-state index contributed by atoms with van der Waals surface area (Å²) in [5.74, 6) is 1.41. The van der Waals surface area contributed by atoms with Crippen LogP contribution in [0.1, 0.15) is 29.8 Å². The predicted molar refractivity (Wildman–Crippen MR) is 115 cm³/mol. The van der Waals surface area contributed by atoms with Crippen LogP contribution in [0, 0.1) is 0 Å². The molecular weight excluding hydrogens is 384 g/mol. The van der Waals surface area contributed by atoms with Gasteiger partial charge in [0.2, 0.25) is 11.7 Å². The maximum atomic E-state index is 12.4. The Balaban J connectivity index is 1.66. The molecule has 0 unspecified atom stereocenters. The summed E-state index contributed by atoms with van der Waals surface area (Å²) in [5.41, 5.74) is 1.96. The molecule has 1 aliphatic rings. The highest BCUT2D eigenvalue weighted by Gasteiger charge is 2.18. The average Bonchev–Trinajstić information content (AvgIpc) is 2.78. The number of amides is 2. The Hall–Kier alpha value is -3.48. The van der Waals surface area contributed by atoms with Crippen molar-refractivity contribution < 1.29 is 23.8 Å². The molecule has 0 aliphatic carbocycles. The second-order valence-corrected chi connectivity index (χ2v) is 6.62. The Morgan fingerprint density at radius 1 is 1.10 bits per heavy atom. The Bertz CT molecular complexity index is 916. The molecule has 0 saturated carbocycles. The van der Waals surface area contributed by atoms with E-state index in [0.717, 1.165) is 5.56 Å². The first-order chi connectivity index (χ1) is 14.5. The summed E-state index contributed by atoms with van der Waals surface area (Å²) in [6.45, 7) is 6.14. The highest BCUT2D eigenvalue weighted by molar-refractivity contribution is 6.02. The molecule has 0 bridgehead atoms. The lowest BCUT2D eigenvalue weighted by Crippen LogP contribution is -2.30. The van der Waals surface area contributed by atoms with E-state index >= 15 is 0 Å². The smallest absolute Gasteiger partial charge is 0.253 e. The molecule has 0 spiro atoms. The lowest BCUT2D eigenvalue weighted by atomic mass is 10.1. The number of rotatable bonds is 7. The minimum Gasteiger partial charge on any atom is -0.493 e. The fraction of sp³-hybridized carbons (Fsp3) is 0.304. The number of carbonyl (C=O) groups is 2. The number of carbonyl (C=O) groups excluding carboxylic acids is 2. The van der Waals surface area contributed by atoms with Gasteiger partial charge in [-0.15, -0.1) is 0 Å². The first kappa shape index (κ1) is 21.2. The van der Waals surface area contributed by atoms with E-state index in [1.807, 2.05) is 13.8 Å². The molecule has 158 valence electrons. The SMILES string of the molecule is CCN(CC)C(=O)c1ccc(NC(=O)/C=C/c2cc(OC)c3c(c2)OCCO3)cc1. The van der Waals surface area contributed by atoms with Crippen molar-refractivity contribution >= 4 is 23.6 Å². The zero-order valence-electron chi connectivity index (χ0n) is 17.4. The van der Waals surface area contributed by atoms with Crippen LogP contribution < -0.4 is 19.5 Å². The maximum absolute atomic E-state index is 12.4. The van der Waals surface area contributed by atoms with Gasteiger partial charge in [-0.2, -0.15) is 0 Å². The summed E-state index contributed by atoms with van der Waals surface area (Å²) in [7, 11) is 1.56. The van der Waals surface area contributed by atoms with Crippen LogP contribution in [0.25, 0.3) is 6.08 Å². The molecule has 7 heteroatoms. The van der Waals surface area contributed by atoms with Crippen molar-refractivity contribution in [3.63, 3.8) is 0 Å². The van der Waals surface area contributed by atoms with E-state index in [1.165, 1.54) is 6.08 Å². The van der Waals surface area contributed by atoms with E-state index in [0.29, 0.717) is 54.8 Å².